The van der Waals surface area contributed by atoms with E-state index in [-0.39, 0.29) is 18.1 Å². The molecule has 3 N–H and O–H groups in total. The van der Waals surface area contributed by atoms with Gasteiger partial charge in [-0.15, -0.1) is 0 Å². The number of hydrogen-bond donors (Lipinski definition) is 3. The fraction of sp³-hybridized carbons (Fsp3) is 0.545. The van der Waals surface area contributed by atoms with Gasteiger partial charge in [0.05, 0.1) is 0 Å². The van der Waals surface area contributed by atoms with Crippen LogP contribution in [0.2, 0.25) is 0 Å². The van der Waals surface area contributed by atoms with E-state index in [1.165, 1.54) is 13.0 Å². The van der Waals surface area contributed by atoms with Crippen molar-refractivity contribution in [2.24, 2.45) is 5.92 Å². The zero-order valence-corrected chi connectivity index (χ0v) is 10.7. The van der Waals surface area contributed by atoms with Crippen molar-refractivity contribution >= 4 is 17.2 Å². The summed E-state index contributed by atoms with van der Waals surface area (Å²) in [6.45, 7) is 1.29. The van der Waals surface area contributed by atoms with Crippen LogP contribution in [0, 0.1) is 5.92 Å². The first-order valence-corrected chi connectivity index (χ1v) is 6.66. The highest BCUT2D eigenvalue weighted by Gasteiger charge is 2.28. The third-order valence-corrected chi connectivity index (χ3v) is 2.81. The molecule has 2 unspecified atom stereocenters. The van der Waals surface area contributed by atoms with Crippen LogP contribution in [0.25, 0.3) is 0 Å². The molecule has 1 aliphatic rings. The van der Waals surface area contributed by atoms with Crippen molar-refractivity contribution in [1.29, 1.82) is 0 Å². The van der Waals surface area contributed by atoms with Crippen molar-refractivity contribution in [3.05, 3.63) is 23.5 Å². The largest absolute Gasteiger partial charge is 0.508 e. The maximum absolute atomic E-state index is 12.8. The highest BCUT2D eigenvalue weighted by molar-refractivity contribution is 7.77. The Labute approximate surface area is 107 Å². The average Bonchev–Trinajstić information content (AvgIpc) is 2.99. The van der Waals surface area contributed by atoms with Crippen LogP contribution in [-0.4, -0.2) is 25.9 Å². The molecule has 0 heterocycles. The van der Waals surface area contributed by atoms with E-state index in [9.17, 15) is 18.5 Å². The lowest BCUT2D eigenvalue weighted by Gasteiger charge is -2.06. The van der Waals surface area contributed by atoms with E-state index < -0.39 is 23.3 Å². The number of allylic oxidation sites excluding steroid dienone is 2. The molecule has 0 bridgehead atoms. The predicted octanol–water partition coefficient (Wildman–Crippen LogP) is 1.77. The first-order valence-electron chi connectivity index (χ1n) is 5.55. The van der Waals surface area contributed by atoms with Gasteiger partial charge in [-0.2, -0.15) is 0 Å². The van der Waals surface area contributed by atoms with E-state index >= 15 is 0 Å². The fourth-order valence-corrected chi connectivity index (χ4v) is 1.81. The first kappa shape index (κ1) is 14.8. The number of halogens is 1. The van der Waals surface area contributed by atoms with E-state index in [1.807, 2.05) is 0 Å². The molecule has 2 atom stereocenters. The normalized spacial score (nSPS) is 20.4. The van der Waals surface area contributed by atoms with Gasteiger partial charge in [0.2, 0.25) is 5.91 Å². The first-order chi connectivity index (χ1) is 8.40. The quantitative estimate of drug-likeness (QED) is 0.392. The number of aliphatic hydroxyl groups is 1. The van der Waals surface area contributed by atoms with Crippen LogP contribution in [0.3, 0.4) is 0 Å². The van der Waals surface area contributed by atoms with Gasteiger partial charge in [-0.25, -0.2) is 8.60 Å². The monoisotopic (exact) mass is 277 g/mol. The molecule has 18 heavy (non-hydrogen) atoms. The number of nitrogens with one attached hydrogen (secondary N) is 1. The van der Waals surface area contributed by atoms with Crippen LogP contribution in [0.4, 0.5) is 4.39 Å². The Morgan fingerprint density at radius 2 is 2.22 bits per heavy atom. The Kier molecular flexibility index (Phi) is 5.49. The Balaban J connectivity index is 2.67. The molecule has 0 aliphatic heterocycles. The molecule has 1 fully saturated rings. The number of hydrogen-bond acceptors (Lipinski definition) is 3. The van der Waals surface area contributed by atoms with Crippen LogP contribution in [0.5, 0.6) is 0 Å². The van der Waals surface area contributed by atoms with Crippen molar-refractivity contribution < 1.29 is 23.1 Å². The van der Waals surface area contributed by atoms with Crippen LogP contribution < -0.4 is 4.72 Å². The molecule has 0 radical (unpaired) electrons. The van der Waals surface area contributed by atoms with Crippen LogP contribution in [0.15, 0.2) is 23.5 Å². The number of rotatable bonds is 6. The Hall–Kier alpha value is -1.21. The number of alkyl halides is 1. The zero-order valence-electron chi connectivity index (χ0n) is 9.93. The fourth-order valence-electron chi connectivity index (χ4n) is 1.53. The summed E-state index contributed by atoms with van der Waals surface area (Å²) >= 11 is -2.39. The number of carbonyl (C=O) groups excluding carboxylic acids is 1. The molecule has 0 aromatic rings. The molecule has 0 aromatic carbocycles. The van der Waals surface area contributed by atoms with Crippen molar-refractivity contribution in [3.63, 3.8) is 0 Å². The van der Waals surface area contributed by atoms with Gasteiger partial charge in [-0.3, -0.25) is 14.1 Å². The van der Waals surface area contributed by atoms with Gasteiger partial charge in [-0.05, 0) is 37.3 Å². The van der Waals surface area contributed by atoms with Crippen LogP contribution >= 0.6 is 0 Å². The SMILES string of the molecule is CC(F)/C=C(O)\C(=C/CC(=O)NS(=O)O)C1CC1. The second-order valence-corrected chi connectivity index (χ2v) is 4.84. The highest BCUT2D eigenvalue weighted by atomic mass is 32.2. The molecule has 1 saturated carbocycles. The summed E-state index contributed by atoms with van der Waals surface area (Å²) in [5.41, 5.74) is 0.526. The summed E-state index contributed by atoms with van der Waals surface area (Å²) in [4.78, 5) is 11.2. The Bertz CT molecular complexity index is 402. The van der Waals surface area contributed by atoms with Gasteiger partial charge in [0.25, 0.3) is 11.3 Å². The maximum atomic E-state index is 12.8. The molecular weight excluding hydrogens is 261 g/mol. The Morgan fingerprint density at radius 3 is 2.67 bits per heavy atom. The summed E-state index contributed by atoms with van der Waals surface area (Å²) in [5, 5.41) is 9.70. The molecule has 0 spiro atoms. The van der Waals surface area contributed by atoms with E-state index in [2.05, 4.69) is 0 Å². The summed E-state index contributed by atoms with van der Waals surface area (Å²) < 4.78 is 33.3. The molecular formula is C11H16FNO4S. The lowest BCUT2D eigenvalue weighted by molar-refractivity contribution is -0.118. The molecule has 1 rings (SSSR count). The van der Waals surface area contributed by atoms with E-state index in [0.717, 1.165) is 18.9 Å². The highest BCUT2D eigenvalue weighted by Crippen LogP contribution is 2.39. The smallest absolute Gasteiger partial charge is 0.261 e. The minimum atomic E-state index is -2.39. The van der Waals surface area contributed by atoms with Crippen molar-refractivity contribution in [2.75, 3.05) is 0 Å². The third kappa shape index (κ3) is 5.42. The number of amides is 1. The summed E-state index contributed by atoms with van der Waals surface area (Å²) in [6.07, 6.45) is 2.92. The second kappa shape index (κ2) is 6.65. The van der Waals surface area contributed by atoms with Gasteiger partial charge in [0.1, 0.15) is 11.9 Å². The van der Waals surface area contributed by atoms with Crippen molar-refractivity contribution in [1.82, 2.24) is 4.72 Å². The third-order valence-electron chi connectivity index (χ3n) is 2.41. The molecule has 0 saturated heterocycles. The van der Waals surface area contributed by atoms with E-state index in [0.29, 0.717) is 5.57 Å². The molecule has 5 nitrogen and oxygen atoms in total. The molecule has 1 aliphatic carbocycles. The lowest BCUT2D eigenvalue weighted by atomic mass is 10.1. The van der Waals surface area contributed by atoms with E-state index in [4.69, 9.17) is 4.55 Å². The standard InChI is InChI=1S/C11H16FNO4S/c1-7(12)6-10(14)9(8-2-3-8)4-5-11(15)13-18(16)17/h4,6-8,14H,2-3,5H2,1H3,(H,13,15)(H,16,17)/b9-4-,10-6+. The molecule has 102 valence electrons. The van der Waals surface area contributed by atoms with Crippen molar-refractivity contribution in [2.45, 2.75) is 32.4 Å². The summed E-state index contributed by atoms with van der Waals surface area (Å²) in [5.74, 6) is -0.645. The minimum absolute atomic E-state index is 0.128. The summed E-state index contributed by atoms with van der Waals surface area (Å²) in [7, 11) is 0. The van der Waals surface area contributed by atoms with Gasteiger partial charge in [0.15, 0.2) is 0 Å². The van der Waals surface area contributed by atoms with Crippen LogP contribution in [-0.2, 0) is 16.1 Å². The number of carbonyl (C=O) groups is 1. The molecule has 0 aromatic heterocycles. The Morgan fingerprint density at radius 1 is 1.61 bits per heavy atom. The molecule has 1 amide bonds. The van der Waals surface area contributed by atoms with Gasteiger partial charge in [0, 0.05) is 6.42 Å². The minimum Gasteiger partial charge on any atom is -0.508 e. The lowest BCUT2D eigenvalue weighted by Crippen LogP contribution is -2.24. The van der Waals surface area contributed by atoms with E-state index in [1.54, 1.807) is 4.72 Å². The number of aliphatic hydroxyl groups excluding tert-OH is 1. The summed E-state index contributed by atoms with van der Waals surface area (Å²) in [6, 6.07) is 0. The average molecular weight is 277 g/mol. The topological polar surface area (TPSA) is 86.6 Å². The van der Waals surface area contributed by atoms with Gasteiger partial charge < -0.3 is 5.11 Å². The predicted molar refractivity (Wildman–Crippen MR) is 65.6 cm³/mol. The van der Waals surface area contributed by atoms with Gasteiger partial charge >= 0.3 is 0 Å². The molecule has 7 heteroatoms. The van der Waals surface area contributed by atoms with Crippen LogP contribution in [0.1, 0.15) is 26.2 Å². The second-order valence-electron chi connectivity index (χ2n) is 4.14. The maximum Gasteiger partial charge on any atom is 0.261 e. The van der Waals surface area contributed by atoms with Crippen molar-refractivity contribution in [3.8, 4) is 0 Å². The van der Waals surface area contributed by atoms with Gasteiger partial charge in [-0.1, -0.05) is 6.08 Å². The zero-order chi connectivity index (χ0) is 13.7.